The maximum absolute atomic E-state index is 12.8. The highest BCUT2D eigenvalue weighted by Crippen LogP contribution is 2.26. The average molecular weight is 388 g/mol. The van der Waals surface area contributed by atoms with Crippen molar-refractivity contribution in [2.24, 2.45) is 0 Å². The third-order valence-corrected chi connectivity index (χ3v) is 5.62. The Kier molecular flexibility index (Phi) is 6.08. The second-order valence-electron chi connectivity index (χ2n) is 7.38. The summed E-state index contributed by atoms with van der Waals surface area (Å²) in [5, 5.41) is 11.4. The summed E-state index contributed by atoms with van der Waals surface area (Å²) < 4.78 is 5.86. The first kappa shape index (κ1) is 19.7. The molecule has 4 nitrogen and oxygen atoms in total. The summed E-state index contributed by atoms with van der Waals surface area (Å²) in [6, 6.07) is 13.0. The Labute approximate surface area is 165 Å². The second-order valence-corrected chi connectivity index (χ2v) is 7.79. The topological polar surface area (TPSA) is 49.8 Å². The Morgan fingerprint density at radius 1 is 1.15 bits per heavy atom. The van der Waals surface area contributed by atoms with Gasteiger partial charge < -0.3 is 14.7 Å². The third kappa shape index (κ3) is 4.82. The number of hydrogen-bond acceptors (Lipinski definition) is 3. The Balaban J connectivity index is 1.62. The van der Waals surface area contributed by atoms with Crippen LogP contribution in [0.25, 0.3) is 0 Å². The molecule has 144 valence electrons. The van der Waals surface area contributed by atoms with Crippen LogP contribution in [0.15, 0.2) is 42.5 Å². The number of carbonyl (C=O) groups is 1. The summed E-state index contributed by atoms with van der Waals surface area (Å²) in [4.78, 5) is 14.5. The van der Waals surface area contributed by atoms with Gasteiger partial charge in [0.05, 0.1) is 10.6 Å². The van der Waals surface area contributed by atoms with Gasteiger partial charge in [-0.3, -0.25) is 4.79 Å². The average Bonchev–Trinajstić information content (AvgIpc) is 2.85. The summed E-state index contributed by atoms with van der Waals surface area (Å²) in [6.07, 6.45) is 1.81. The maximum atomic E-state index is 12.8. The first-order valence-electron chi connectivity index (χ1n) is 9.34. The standard InChI is InChI=1S/C22H26ClNO3/c1-16-8-9-18(14-17(16)2)27-15-22(26)10-5-12-24(13-11-22)21(25)19-6-3-4-7-20(19)23/h3-4,6-9,14,26H,5,10-13,15H2,1-2H3. The fourth-order valence-corrected chi connectivity index (χ4v) is 3.57. The van der Waals surface area contributed by atoms with E-state index in [9.17, 15) is 9.90 Å². The van der Waals surface area contributed by atoms with Crippen molar-refractivity contribution in [2.45, 2.75) is 38.7 Å². The first-order chi connectivity index (χ1) is 12.9. The lowest BCUT2D eigenvalue weighted by Gasteiger charge is -2.27. The van der Waals surface area contributed by atoms with E-state index < -0.39 is 5.60 Å². The van der Waals surface area contributed by atoms with Crippen LogP contribution in [-0.2, 0) is 0 Å². The van der Waals surface area contributed by atoms with E-state index in [1.54, 1.807) is 17.0 Å². The highest BCUT2D eigenvalue weighted by Gasteiger charge is 2.33. The molecule has 27 heavy (non-hydrogen) atoms. The van der Waals surface area contributed by atoms with Crippen molar-refractivity contribution in [1.29, 1.82) is 0 Å². The summed E-state index contributed by atoms with van der Waals surface area (Å²) in [5.74, 6) is 0.680. The van der Waals surface area contributed by atoms with Gasteiger partial charge in [-0.2, -0.15) is 0 Å². The number of aryl methyl sites for hydroxylation is 2. The minimum absolute atomic E-state index is 0.0834. The lowest BCUT2D eigenvalue weighted by atomic mass is 9.96. The number of nitrogens with zero attached hydrogens (tertiary/aromatic N) is 1. The predicted molar refractivity (Wildman–Crippen MR) is 108 cm³/mol. The zero-order chi connectivity index (χ0) is 19.4. The van der Waals surface area contributed by atoms with Gasteiger partial charge in [0.15, 0.2) is 0 Å². The third-order valence-electron chi connectivity index (χ3n) is 5.29. The molecule has 3 rings (SSSR count). The van der Waals surface area contributed by atoms with E-state index in [1.165, 1.54) is 5.56 Å². The number of rotatable bonds is 4. The molecule has 1 saturated heterocycles. The van der Waals surface area contributed by atoms with Crippen molar-refractivity contribution >= 4 is 17.5 Å². The molecule has 5 heteroatoms. The molecule has 1 atom stereocenters. The molecule has 1 fully saturated rings. The van der Waals surface area contributed by atoms with Crippen LogP contribution < -0.4 is 4.74 Å². The summed E-state index contributed by atoms with van der Waals surface area (Å²) >= 11 is 6.16. The van der Waals surface area contributed by atoms with E-state index in [0.717, 1.165) is 17.7 Å². The summed E-state index contributed by atoms with van der Waals surface area (Å²) in [5.41, 5.74) is 1.95. The van der Waals surface area contributed by atoms with Crippen LogP contribution >= 0.6 is 11.6 Å². The Morgan fingerprint density at radius 3 is 2.67 bits per heavy atom. The van der Waals surface area contributed by atoms with Crippen molar-refractivity contribution in [1.82, 2.24) is 4.90 Å². The number of carbonyl (C=O) groups excluding carboxylic acids is 1. The van der Waals surface area contributed by atoms with Crippen LogP contribution in [0.3, 0.4) is 0 Å². The molecule has 2 aromatic rings. The van der Waals surface area contributed by atoms with Gasteiger partial charge in [-0.05, 0) is 68.5 Å². The van der Waals surface area contributed by atoms with Crippen molar-refractivity contribution in [2.75, 3.05) is 19.7 Å². The van der Waals surface area contributed by atoms with Gasteiger partial charge >= 0.3 is 0 Å². The van der Waals surface area contributed by atoms with Crippen LogP contribution in [0, 0.1) is 13.8 Å². The molecule has 0 radical (unpaired) electrons. The fourth-order valence-electron chi connectivity index (χ4n) is 3.35. The van der Waals surface area contributed by atoms with Gasteiger partial charge in [-0.15, -0.1) is 0 Å². The second kappa shape index (κ2) is 8.32. The maximum Gasteiger partial charge on any atom is 0.255 e. The number of ether oxygens (including phenoxy) is 1. The van der Waals surface area contributed by atoms with Gasteiger partial charge in [-0.1, -0.05) is 29.8 Å². The lowest BCUT2D eigenvalue weighted by Crippen LogP contribution is -2.38. The predicted octanol–water partition coefficient (Wildman–Crippen LogP) is 4.39. The van der Waals surface area contributed by atoms with Gasteiger partial charge in [0.1, 0.15) is 18.0 Å². The molecule has 1 heterocycles. The van der Waals surface area contributed by atoms with E-state index in [4.69, 9.17) is 16.3 Å². The largest absolute Gasteiger partial charge is 0.491 e. The normalized spacial score (nSPS) is 20.2. The number of hydrogen-bond donors (Lipinski definition) is 1. The van der Waals surface area contributed by atoms with Crippen LogP contribution in [0.4, 0.5) is 0 Å². The van der Waals surface area contributed by atoms with Crippen molar-refractivity contribution in [3.63, 3.8) is 0 Å². The molecular formula is C22H26ClNO3. The smallest absolute Gasteiger partial charge is 0.255 e. The monoisotopic (exact) mass is 387 g/mol. The summed E-state index contributed by atoms with van der Waals surface area (Å²) in [7, 11) is 0. The van der Waals surface area contributed by atoms with Crippen molar-refractivity contribution in [3.05, 3.63) is 64.2 Å². The van der Waals surface area contributed by atoms with E-state index in [2.05, 4.69) is 6.92 Å². The van der Waals surface area contributed by atoms with Gasteiger partial charge in [0.2, 0.25) is 0 Å². The molecule has 0 bridgehead atoms. The van der Waals surface area contributed by atoms with Crippen LogP contribution in [0.1, 0.15) is 40.7 Å². The molecule has 1 aliphatic rings. The van der Waals surface area contributed by atoms with Crippen LogP contribution in [-0.4, -0.2) is 41.2 Å². The number of halogens is 1. The Hall–Kier alpha value is -2.04. The van der Waals surface area contributed by atoms with E-state index in [0.29, 0.717) is 36.5 Å². The highest BCUT2D eigenvalue weighted by molar-refractivity contribution is 6.33. The quantitative estimate of drug-likeness (QED) is 0.846. The SMILES string of the molecule is Cc1ccc(OCC2(O)CCCN(C(=O)c3ccccc3Cl)CC2)cc1C. The molecule has 1 N–H and O–H groups in total. The van der Waals surface area contributed by atoms with E-state index in [1.807, 2.05) is 37.3 Å². The first-order valence-corrected chi connectivity index (χ1v) is 9.72. The van der Waals surface area contributed by atoms with E-state index >= 15 is 0 Å². The number of likely N-dealkylation sites (tertiary alicyclic amines) is 1. The van der Waals surface area contributed by atoms with Crippen LogP contribution in [0.2, 0.25) is 5.02 Å². The fraction of sp³-hybridized carbons (Fsp3) is 0.409. The number of benzene rings is 2. The Morgan fingerprint density at radius 2 is 1.93 bits per heavy atom. The van der Waals surface area contributed by atoms with Crippen LogP contribution in [0.5, 0.6) is 5.75 Å². The Bertz CT molecular complexity index is 823. The zero-order valence-corrected chi connectivity index (χ0v) is 16.6. The minimum Gasteiger partial charge on any atom is -0.491 e. The molecule has 0 aliphatic carbocycles. The van der Waals surface area contributed by atoms with Gasteiger partial charge in [-0.25, -0.2) is 0 Å². The van der Waals surface area contributed by atoms with Gasteiger partial charge in [0.25, 0.3) is 5.91 Å². The molecule has 1 aliphatic heterocycles. The molecule has 1 amide bonds. The highest BCUT2D eigenvalue weighted by atomic mass is 35.5. The number of amides is 1. The van der Waals surface area contributed by atoms with Crippen molar-refractivity contribution in [3.8, 4) is 5.75 Å². The molecular weight excluding hydrogens is 362 g/mol. The molecule has 0 spiro atoms. The number of aliphatic hydroxyl groups is 1. The van der Waals surface area contributed by atoms with Gasteiger partial charge in [0, 0.05) is 13.1 Å². The van der Waals surface area contributed by atoms with Crippen molar-refractivity contribution < 1.29 is 14.6 Å². The molecule has 0 aromatic heterocycles. The summed E-state index contributed by atoms with van der Waals surface area (Å²) in [6.45, 7) is 5.42. The van der Waals surface area contributed by atoms with E-state index in [-0.39, 0.29) is 12.5 Å². The molecule has 2 aromatic carbocycles. The molecule has 1 unspecified atom stereocenters. The minimum atomic E-state index is -0.936. The molecule has 0 saturated carbocycles. The lowest BCUT2D eigenvalue weighted by molar-refractivity contribution is -0.0163. The zero-order valence-electron chi connectivity index (χ0n) is 15.9.